The number of rotatable bonds is 2. The molecule has 1 amide bonds. The monoisotopic (exact) mass is 179 g/mol. The Morgan fingerprint density at radius 3 is 2.50 bits per heavy atom. The molecule has 48 valence electrons. The van der Waals surface area contributed by atoms with Crippen molar-refractivity contribution >= 4 is 21.8 Å². The zero-order valence-electron chi connectivity index (χ0n) is 5.07. The quantitative estimate of drug-likeness (QED) is 0.628. The minimum absolute atomic E-state index is 0.0486. The molecule has 1 N–H and O–H groups in total. The number of nitrogens with one attached hydrogen (secondary N) is 1. The first kappa shape index (κ1) is 7.95. The van der Waals surface area contributed by atoms with E-state index < -0.39 is 0 Å². The van der Waals surface area contributed by atoms with E-state index in [0.29, 0.717) is 6.54 Å². The molecule has 0 saturated carbocycles. The Kier molecular flexibility index (Phi) is 3.87. The van der Waals surface area contributed by atoms with E-state index in [2.05, 4.69) is 21.2 Å². The summed E-state index contributed by atoms with van der Waals surface area (Å²) in [5.74, 6) is 0.0486. The van der Waals surface area contributed by atoms with Crippen LogP contribution < -0.4 is 5.32 Å². The van der Waals surface area contributed by atoms with Crippen molar-refractivity contribution in [3.63, 3.8) is 0 Å². The molecule has 0 aromatic rings. The van der Waals surface area contributed by atoms with Crippen LogP contribution in [0.2, 0.25) is 0 Å². The molecule has 2 nitrogen and oxygen atoms in total. The van der Waals surface area contributed by atoms with Gasteiger partial charge in [0.2, 0.25) is 5.91 Å². The Labute approximate surface area is 57.8 Å². The molecule has 0 aliphatic carbocycles. The number of amides is 1. The number of hydrogen-bond donors (Lipinski definition) is 1. The van der Waals surface area contributed by atoms with Crippen LogP contribution in [0.3, 0.4) is 0 Å². The molecule has 0 unspecified atom stereocenters. The van der Waals surface area contributed by atoms with E-state index in [0.717, 1.165) is 0 Å². The third-order valence-electron chi connectivity index (χ3n) is 0.712. The maximum Gasteiger partial charge on any atom is 0.233 e. The Morgan fingerprint density at radius 1 is 1.88 bits per heavy atom. The van der Waals surface area contributed by atoms with Crippen LogP contribution in [0.25, 0.3) is 0 Å². The van der Waals surface area contributed by atoms with Gasteiger partial charge in [0.05, 0.1) is 4.83 Å². The summed E-state index contributed by atoms with van der Waals surface area (Å²) in [6.07, 6.45) is 0. The zero-order valence-corrected chi connectivity index (χ0v) is 6.66. The lowest BCUT2D eigenvalue weighted by atomic mass is 10.4. The average molecular weight is 180 g/mol. The number of halogens is 1. The molecule has 0 aromatic carbocycles. The SMILES string of the molecule is CCNC(=O)[C@@H](C)Br. The summed E-state index contributed by atoms with van der Waals surface area (Å²) in [4.78, 5) is 10.5. The van der Waals surface area contributed by atoms with Crippen molar-refractivity contribution in [3.8, 4) is 0 Å². The molecule has 3 heteroatoms. The molecule has 0 aliphatic heterocycles. The number of carbonyl (C=O) groups is 1. The molecular weight excluding hydrogens is 170 g/mol. The van der Waals surface area contributed by atoms with Crippen LogP contribution in [0.5, 0.6) is 0 Å². The second-order valence-corrected chi connectivity index (χ2v) is 2.88. The summed E-state index contributed by atoms with van der Waals surface area (Å²) in [7, 11) is 0. The van der Waals surface area contributed by atoms with Crippen LogP contribution in [-0.2, 0) is 4.79 Å². The highest BCUT2D eigenvalue weighted by molar-refractivity contribution is 9.10. The Bertz CT molecular complexity index is 82.5. The summed E-state index contributed by atoms with van der Waals surface area (Å²) in [6.45, 7) is 4.40. The first-order valence-corrected chi connectivity index (χ1v) is 3.51. The highest BCUT2D eigenvalue weighted by Gasteiger charge is 2.04. The van der Waals surface area contributed by atoms with Crippen LogP contribution in [0.1, 0.15) is 13.8 Å². The smallest absolute Gasteiger partial charge is 0.233 e. The second-order valence-electron chi connectivity index (χ2n) is 1.51. The van der Waals surface area contributed by atoms with Crippen molar-refractivity contribution in [1.82, 2.24) is 5.32 Å². The Morgan fingerprint density at radius 2 is 2.38 bits per heavy atom. The molecule has 0 radical (unpaired) electrons. The molecule has 0 heterocycles. The lowest BCUT2D eigenvalue weighted by Crippen LogP contribution is -2.28. The van der Waals surface area contributed by atoms with Gasteiger partial charge in [-0.2, -0.15) is 0 Å². The molecule has 0 saturated heterocycles. The summed E-state index contributed by atoms with van der Waals surface area (Å²) in [5, 5.41) is 2.66. The fourth-order valence-electron chi connectivity index (χ4n) is 0.315. The van der Waals surface area contributed by atoms with Gasteiger partial charge in [0.25, 0.3) is 0 Å². The number of hydrogen-bond acceptors (Lipinski definition) is 1. The van der Waals surface area contributed by atoms with Gasteiger partial charge >= 0.3 is 0 Å². The van der Waals surface area contributed by atoms with Gasteiger partial charge < -0.3 is 5.32 Å². The van der Waals surface area contributed by atoms with E-state index in [1.54, 1.807) is 6.92 Å². The number of carbonyl (C=O) groups excluding carboxylic acids is 1. The van der Waals surface area contributed by atoms with E-state index >= 15 is 0 Å². The second kappa shape index (κ2) is 3.89. The average Bonchev–Trinajstić information content (AvgIpc) is 1.67. The summed E-state index contributed by atoms with van der Waals surface area (Å²) < 4.78 is 0. The van der Waals surface area contributed by atoms with Crippen LogP contribution in [-0.4, -0.2) is 17.3 Å². The van der Waals surface area contributed by atoms with Gasteiger partial charge in [-0.3, -0.25) is 4.79 Å². The topological polar surface area (TPSA) is 29.1 Å². The van der Waals surface area contributed by atoms with Gasteiger partial charge in [-0.05, 0) is 13.8 Å². The first-order valence-electron chi connectivity index (χ1n) is 2.60. The molecular formula is C5H10BrNO. The normalized spacial score (nSPS) is 12.9. The van der Waals surface area contributed by atoms with E-state index in [1.807, 2.05) is 6.92 Å². The summed E-state index contributed by atoms with van der Waals surface area (Å²) in [6, 6.07) is 0. The van der Waals surface area contributed by atoms with E-state index in [-0.39, 0.29) is 10.7 Å². The first-order chi connectivity index (χ1) is 3.68. The maximum atomic E-state index is 10.6. The van der Waals surface area contributed by atoms with Crippen LogP contribution in [0.4, 0.5) is 0 Å². The van der Waals surface area contributed by atoms with Gasteiger partial charge in [0.15, 0.2) is 0 Å². The van der Waals surface area contributed by atoms with Crippen molar-refractivity contribution in [2.75, 3.05) is 6.54 Å². The van der Waals surface area contributed by atoms with Gasteiger partial charge in [-0.25, -0.2) is 0 Å². The highest BCUT2D eigenvalue weighted by Crippen LogP contribution is 1.94. The minimum Gasteiger partial charge on any atom is -0.355 e. The fourth-order valence-corrected chi connectivity index (χ4v) is 0.477. The molecule has 0 aromatic heterocycles. The lowest BCUT2D eigenvalue weighted by Gasteiger charge is -2.00. The van der Waals surface area contributed by atoms with Crippen molar-refractivity contribution in [2.24, 2.45) is 0 Å². The number of alkyl halides is 1. The molecule has 1 atom stereocenters. The fraction of sp³-hybridized carbons (Fsp3) is 0.800. The molecule has 0 aliphatic rings. The van der Waals surface area contributed by atoms with Crippen LogP contribution >= 0.6 is 15.9 Å². The Hall–Kier alpha value is -0.0500. The van der Waals surface area contributed by atoms with Gasteiger partial charge in [-0.1, -0.05) is 15.9 Å². The van der Waals surface area contributed by atoms with E-state index in [1.165, 1.54) is 0 Å². The van der Waals surface area contributed by atoms with E-state index in [9.17, 15) is 4.79 Å². The molecule has 8 heavy (non-hydrogen) atoms. The van der Waals surface area contributed by atoms with Crippen molar-refractivity contribution in [1.29, 1.82) is 0 Å². The minimum atomic E-state index is -0.0672. The molecule has 0 fully saturated rings. The Balaban J connectivity index is 3.33. The third kappa shape index (κ3) is 3.02. The predicted octanol–water partition coefficient (Wildman–Crippen LogP) is 0.906. The van der Waals surface area contributed by atoms with Crippen LogP contribution in [0, 0.1) is 0 Å². The van der Waals surface area contributed by atoms with Gasteiger partial charge in [0, 0.05) is 6.54 Å². The standard InChI is InChI=1S/C5H10BrNO/c1-3-7-5(8)4(2)6/h4H,3H2,1-2H3,(H,7,8)/t4-/m1/s1. The molecule has 0 bridgehead atoms. The third-order valence-corrected chi connectivity index (χ3v) is 1.13. The predicted molar refractivity (Wildman–Crippen MR) is 37.1 cm³/mol. The van der Waals surface area contributed by atoms with Crippen molar-refractivity contribution in [2.45, 2.75) is 18.7 Å². The van der Waals surface area contributed by atoms with Gasteiger partial charge in [0.1, 0.15) is 0 Å². The summed E-state index contributed by atoms with van der Waals surface area (Å²) >= 11 is 3.13. The lowest BCUT2D eigenvalue weighted by molar-refractivity contribution is -0.120. The molecule has 0 rings (SSSR count). The van der Waals surface area contributed by atoms with Gasteiger partial charge in [-0.15, -0.1) is 0 Å². The van der Waals surface area contributed by atoms with Crippen molar-refractivity contribution in [3.05, 3.63) is 0 Å². The van der Waals surface area contributed by atoms with E-state index in [4.69, 9.17) is 0 Å². The van der Waals surface area contributed by atoms with Crippen LogP contribution in [0.15, 0.2) is 0 Å². The zero-order chi connectivity index (χ0) is 6.57. The highest BCUT2D eigenvalue weighted by atomic mass is 79.9. The largest absolute Gasteiger partial charge is 0.355 e. The summed E-state index contributed by atoms with van der Waals surface area (Å²) in [5.41, 5.74) is 0. The molecule has 0 spiro atoms. The maximum absolute atomic E-state index is 10.6. The van der Waals surface area contributed by atoms with Crippen molar-refractivity contribution < 1.29 is 4.79 Å².